The molecule has 7 nitrogen and oxygen atoms in total. The topological polar surface area (TPSA) is 93.6 Å². The summed E-state index contributed by atoms with van der Waals surface area (Å²) in [7, 11) is 2.88. The number of methoxy groups -OCH3 is 2. The highest BCUT2D eigenvalue weighted by atomic mass is 16.5. The summed E-state index contributed by atoms with van der Waals surface area (Å²) >= 11 is 0. The number of nitrogens with one attached hydrogen (secondary N) is 1. The second-order valence-electron chi connectivity index (χ2n) is 8.60. The third kappa shape index (κ3) is 4.81. The number of carbonyl (C=O) groups excluding carboxylic acids is 1. The molecule has 184 valence electrons. The number of H-pyrrole nitrogens is 1. The van der Waals surface area contributed by atoms with Crippen LogP contribution in [-0.4, -0.2) is 34.7 Å². The van der Waals surface area contributed by atoms with Crippen molar-refractivity contribution in [2.24, 2.45) is 0 Å². The van der Waals surface area contributed by atoms with Gasteiger partial charge in [0.1, 0.15) is 0 Å². The van der Waals surface area contributed by atoms with Gasteiger partial charge in [0.05, 0.1) is 25.6 Å². The van der Waals surface area contributed by atoms with E-state index >= 15 is 0 Å². The van der Waals surface area contributed by atoms with Crippen LogP contribution in [0.4, 0.5) is 0 Å². The number of benzene rings is 3. The number of ketones is 1. The molecule has 0 saturated carbocycles. The van der Waals surface area contributed by atoms with Crippen LogP contribution in [0.1, 0.15) is 32.6 Å². The van der Waals surface area contributed by atoms with Gasteiger partial charge < -0.3 is 19.6 Å². The second-order valence-corrected chi connectivity index (χ2v) is 8.60. The molecular weight excluding hydrogens is 456 g/mol. The minimum Gasteiger partial charge on any atom is -0.502 e. The van der Waals surface area contributed by atoms with Gasteiger partial charge in [0.2, 0.25) is 5.75 Å². The Hall–Kier alpha value is -4.52. The molecule has 4 rings (SSSR count). The smallest absolute Gasteiger partial charge is 0.330 e. The van der Waals surface area contributed by atoms with Gasteiger partial charge in [-0.2, -0.15) is 0 Å². The summed E-state index contributed by atoms with van der Waals surface area (Å²) in [4.78, 5) is 28.6. The number of aromatic nitrogens is 2. The normalized spacial score (nSPS) is 11.1. The summed E-state index contributed by atoms with van der Waals surface area (Å²) in [5, 5.41) is 10.1. The van der Waals surface area contributed by atoms with Gasteiger partial charge in [0, 0.05) is 17.3 Å². The van der Waals surface area contributed by atoms with Crippen LogP contribution in [0, 0.1) is 20.8 Å². The molecule has 0 bridgehead atoms. The van der Waals surface area contributed by atoms with Crippen LogP contribution in [-0.2, 0) is 0 Å². The second kappa shape index (κ2) is 10.00. The fourth-order valence-electron chi connectivity index (χ4n) is 4.01. The Morgan fingerprint density at radius 1 is 0.972 bits per heavy atom. The molecule has 2 N–H and O–H groups in total. The van der Waals surface area contributed by atoms with Crippen LogP contribution >= 0.6 is 0 Å². The number of allylic oxidation sites excluding steroid dienone is 1. The number of hydrogen-bond donors (Lipinski definition) is 2. The van der Waals surface area contributed by atoms with Gasteiger partial charge in [0.15, 0.2) is 17.3 Å². The van der Waals surface area contributed by atoms with Crippen LogP contribution in [0.15, 0.2) is 65.6 Å². The van der Waals surface area contributed by atoms with Gasteiger partial charge in [0.25, 0.3) is 0 Å². The molecule has 1 heterocycles. The Labute approximate surface area is 209 Å². The molecule has 0 unspecified atom stereocenters. The highest BCUT2D eigenvalue weighted by Gasteiger charge is 2.12. The monoisotopic (exact) mass is 484 g/mol. The standard InChI is InChI=1S/C29H28N2O5/c1-17-11-22(12-18(2)19(17)3)24-16-31(29(34)30-24)23-8-6-7-21(15-23)25(32)10-9-20-13-26(35-4)28(33)27(14-20)36-5/h6-16,33H,1-5H3,(H,30,34)/b10-9+. The molecule has 36 heavy (non-hydrogen) atoms. The number of rotatable bonds is 7. The van der Waals surface area contributed by atoms with Crippen LogP contribution in [0.25, 0.3) is 23.0 Å². The SMILES string of the molecule is COc1cc(/C=C/C(=O)c2cccc(-n3cc(-c4cc(C)c(C)c(C)c4)[nH]c3=O)c2)cc(OC)c1O. The Bertz CT molecular complexity index is 1490. The van der Waals surface area contributed by atoms with Crippen molar-refractivity contribution in [3.63, 3.8) is 0 Å². The van der Waals surface area contributed by atoms with E-state index in [0.717, 1.165) is 16.7 Å². The number of phenols is 1. The largest absolute Gasteiger partial charge is 0.502 e. The van der Waals surface area contributed by atoms with Crippen molar-refractivity contribution in [3.05, 3.63) is 99.1 Å². The third-order valence-electron chi connectivity index (χ3n) is 6.29. The van der Waals surface area contributed by atoms with Gasteiger partial charge in [-0.15, -0.1) is 0 Å². The Balaban J connectivity index is 1.63. The number of ether oxygens (including phenoxy) is 2. The first-order valence-corrected chi connectivity index (χ1v) is 11.4. The Morgan fingerprint density at radius 2 is 1.61 bits per heavy atom. The lowest BCUT2D eigenvalue weighted by molar-refractivity contribution is 0.104. The molecular formula is C29H28N2O5. The van der Waals surface area contributed by atoms with Crippen molar-refractivity contribution in [3.8, 4) is 34.2 Å². The summed E-state index contributed by atoms with van der Waals surface area (Å²) in [5.41, 5.74) is 6.52. The summed E-state index contributed by atoms with van der Waals surface area (Å²) in [6.07, 6.45) is 4.79. The van der Waals surface area contributed by atoms with Gasteiger partial charge in [-0.05, 0) is 85.5 Å². The average Bonchev–Trinajstić information content (AvgIpc) is 3.27. The van der Waals surface area contributed by atoms with E-state index in [1.54, 1.807) is 48.7 Å². The van der Waals surface area contributed by atoms with Crippen molar-refractivity contribution < 1.29 is 19.4 Å². The summed E-state index contributed by atoms with van der Waals surface area (Å²) in [6.45, 7) is 6.18. The molecule has 0 aliphatic heterocycles. The summed E-state index contributed by atoms with van der Waals surface area (Å²) in [5.74, 6) is 0.134. The van der Waals surface area contributed by atoms with Crippen molar-refractivity contribution in [2.45, 2.75) is 20.8 Å². The maximum Gasteiger partial charge on any atom is 0.330 e. The maximum absolute atomic E-state index is 12.9. The molecule has 3 aromatic carbocycles. The summed E-state index contributed by atoms with van der Waals surface area (Å²) in [6, 6.07) is 14.2. The number of nitrogens with zero attached hydrogens (tertiary/aromatic N) is 1. The molecule has 0 aliphatic carbocycles. The van der Waals surface area contributed by atoms with Crippen LogP contribution in [0.5, 0.6) is 17.2 Å². The molecule has 1 aromatic heterocycles. The van der Waals surface area contributed by atoms with Gasteiger partial charge in [-0.3, -0.25) is 9.36 Å². The minimum atomic E-state index is -0.288. The predicted molar refractivity (Wildman–Crippen MR) is 141 cm³/mol. The van der Waals surface area contributed by atoms with Crippen LogP contribution in [0.3, 0.4) is 0 Å². The van der Waals surface area contributed by atoms with E-state index < -0.39 is 0 Å². The molecule has 0 spiro atoms. The number of phenolic OH excluding ortho intramolecular Hbond substituents is 1. The molecule has 0 aliphatic rings. The zero-order valence-electron chi connectivity index (χ0n) is 20.9. The number of aromatic amines is 1. The zero-order chi connectivity index (χ0) is 26.0. The van der Waals surface area contributed by atoms with E-state index in [9.17, 15) is 14.7 Å². The number of aromatic hydroxyl groups is 1. The van der Waals surface area contributed by atoms with E-state index in [1.807, 2.05) is 13.8 Å². The predicted octanol–water partition coefficient (Wildman–Crippen LogP) is 5.38. The third-order valence-corrected chi connectivity index (χ3v) is 6.29. The number of hydrogen-bond acceptors (Lipinski definition) is 5. The van der Waals surface area contributed by atoms with Crippen LogP contribution in [0.2, 0.25) is 0 Å². The molecule has 7 heteroatoms. The maximum atomic E-state index is 12.9. The molecule has 0 fully saturated rings. The number of aryl methyl sites for hydroxylation is 2. The molecule has 0 amide bonds. The lowest BCUT2D eigenvalue weighted by atomic mass is 9.99. The molecule has 0 saturated heterocycles. The van der Waals surface area contributed by atoms with Crippen LogP contribution < -0.4 is 15.2 Å². The Morgan fingerprint density at radius 3 is 2.22 bits per heavy atom. The molecule has 0 radical (unpaired) electrons. The first kappa shape index (κ1) is 24.6. The van der Waals surface area contributed by atoms with Crippen molar-refractivity contribution in [2.75, 3.05) is 14.2 Å². The van der Waals surface area contributed by atoms with Gasteiger partial charge >= 0.3 is 5.69 Å². The quantitative estimate of drug-likeness (QED) is 0.271. The average molecular weight is 485 g/mol. The van der Waals surface area contributed by atoms with E-state index in [-0.39, 0.29) is 28.7 Å². The highest BCUT2D eigenvalue weighted by molar-refractivity contribution is 6.07. The van der Waals surface area contributed by atoms with Crippen molar-refractivity contribution >= 4 is 11.9 Å². The fourth-order valence-corrected chi connectivity index (χ4v) is 4.01. The van der Waals surface area contributed by atoms with Gasteiger partial charge in [-0.1, -0.05) is 18.2 Å². The number of imidazole rings is 1. The van der Waals surface area contributed by atoms with Gasteiger partial charge in [-0.25, -0.2) is 4.79 Å². The lowest BCUT2D eigenvalue weighted by Crippen LogP contribution is -2.14. The molecule has 4 aromatic rings. The highest BCUT2D eigenvalue weighted by Crippen LogP contribution is 2.37. The van der Waals surface area contributed by atoms with Crippen molar-refractivity contribution in [1.82, 2.24) is 9.55 Å². The Kier molecular flexibility index (Phi) is 6.83. The van der Waals surface area contributed by atoms with E-state index in [0.29, 0.717) is 22.5 Å². The van der Waals surface area contributed by atoms with E-state index in [2.05, 4.69) is 24.0 Å². The van der Waals surface area contributed by atoms with Crippen molar-refractivity contribution in [1.29, 1.82) is 0 Å². The summed E-state index contributed by atoms with van der Waals surface area (Å²) < 4.78 is 11.8. The fraction of sp³-hybridized carbons (Fsp3) is 0.172. The van der Waals surface area contributed by atoms with E-state index in [4.69, 9.17) is 9.47 Å². The first-order chi connectivity index (χ1) is 17.2. The minimum absolute atomic E-state index is 0.108. The lowest BCUT2D eigenvalue weighted by Gasteiger charge is -2.09. The van der Waals surface area contributed by atoms with E-state index in [1.165, 1.54) is 30.4 Å². The number of carbonyl (C=O) groups is 1. The zero-order valence-corrected chi connectivity index (χ0v) is 20.9. The molecule has 0 atom stereocenters. The first-order valence-electron chi connectivity index (χ1n) is 11.4.